The van der Waals surface area contributed by atoms with E-state index in [1.165, 1.54) is 36.3 Å². The molecule has 0 bridgehead atoms. The van der Waals surface area contributed by atoms with E-state index < -0.39 is 0 Å². The Hall–Kier alpha value is -1.03. The maximum atomic E-state index is 5.98. The lowest BCUT2D eigenvalue weighted by Crippen LogP contribution is -2.40. The van der Waals surface area contributed by atoms with Gasteiger partial charge in [-0.15, -0.1) is 0 Å². The van der Waals surface area contributed by atoms with Crippen LogP contribution in [-0.2, 0) is 11.8 Å². The second kappa shape index (κ2) is 4.26. The van der Waals surface area contributed by atoms with Gasteiger partial charge >= 0.3 is 0 Å². The maximum Gasteiger partial charge on any atom is 0.153 e. The number of aromatic nitrogens is 2. The highest BCUT2D eigenvalue weighted by atomic mass is 15.3. The van der Waals surface area contributed by atoms with Crippen molar-refractivity contribution in [2.24, 2.45) is 5.73 Å². The van der Waals surface area contributed by atoms with Gasteiger partial charge in [-0.2, -0.15) is 5.10 Å². The number of fused-ring (bicyclic) bond motifs is 1. The van der Waals surface area contributed by atoms with Crippen molar-refractivity contribution in [3.63, 3.8) is 0 Å². The fourth-order valence-corrected chi connectivity index (χ4v) is 3.36. The van der Waals surface area contributed by atoms with Crippen molar-refractivity contribution in [2.45, 2.75) is 57.4 Å². The number of H-pyrrole nitrogens is 1. The van der Waals surface area contributed by atoms with Crippen molar-refractivity contribution in [3.8, 4) is 0 Å². The van der Waals surface area contributed by atoms with Crippen LogP contribution in [0.15, 0.2) is 0 Å². The first-order chi connectivity index (χ1) is 8.58. The molecule has 1 aliphatic heterocycles. The van der Waals surface area contributed by atoms with Gasteiger partial charge in [0.15, 0.2) is 5.82 Å². The molecule has 3 N–H and O–H groups in total. The number of nitrogens with zero attached hydrogens (tertiary/aromatic N) is 2. The second-order valence-electron chi connectivity index (χ2n) is 6.46. The summed E-state index contributed by atoms with van der Waals surface area (Å²) in [6, 6.07) is 0.382. The summed E-state index contributed by atoms with van der Waals surface area (Å²) in [5, 5.41) is 7.90. The summed E-state index contributed by atoms with van der Waals surface area (Å²) in [5.41, 5.74) is 9.05. The van der Waals surface area contributed by atoms with Crippen LogP contribution in [0.25, 0.3) is 0 Å². The molecule has 1 aromatic rings. The van der Waals surface area contributed by atoms with Gasteiger partial charge in [0.25, 0.3) is 0 Å². The molecule has 2 heterocycles. The molecule has 0 unspecified atom stereocenters. The van der Waals surface area contributed by atoms with Crippen LogP contribution in [0, 0.1) is 0 Å². The number of hydrogen-bond acceptors (Lipinski definition) is 3. The quantitative estimate of drug-likeness (QED) is 0.798. The number of nitrogens with one attached hydrogen (secondary N) is 1. The van der Waals surface area contributed by atoms with Gasteiger partial charge in [-0.3, -0.25) is 5.10 Å². The SMILES string of the molecule is CC1(C)CCCc2c(N3CCC(N)CC3)n[nH]c21. The van der Waals surface area contributed by atoms with Crippen LogP contribution in [0.2, 0.25) is 0 Å². The third kappa shape index (κ3) is 1.92. The monoisotopic (exact) mass is 248 g/mol. The van der Waals surface area contributed by atoms with Crippen molar-refractivity contribution in [3.05, 3.63) is 11.3 Å². The molecule has 2 aliphatic rings. The minimum absolute atomic E-state index is 0.255. The summed E-state index contributed by atoms with van der Waals surface area (Å²) >= 11 is 0. The van der Waals surface area contributed by atoms with Crippen molar-refractivity contribution < 1.29 is 0 Å². The van der Waals surface area contributed by atoms with E-state index in [0.717, 1.165) is 25.9 Å². The molecule has 3 rings (SSSR count). The number of nitrogens with two attached hydrogens (primary N) is 1. The molecule has 0 spiro atoms. The van der Waals surface area contributed by atoms with E-state index in [2.05, 4.69) is 28.9 Å². The van der Waals surface area contributed by atoms with E-state index in [9.17, 15) is 0 Å². The lowest BCUT2D eigenvalue weighted by molar-refractivity contribution is 0.420. The molecular weight excluding hydrogens is 224 g/mol. The van der Waals surface area contributed by atoms with Crippen LogP contribution in [0.3, 0.4) is 0 Å². The Labute approximate surface area is 109 Å². The fraction of sp³-hybridized carbons (Fsp3) is 0.786. The normalized spacial score (nSPS) is 24.1. The van der Waals surface area contributed by atoms with Crippen molar-refractivity contribution in [1.29, 1.82) is 0 Å². The summed E-state index contributed by atoms with van der Waals surface area (Å²) in [6.07, 6.45) is 5.88. The molecule has 4 nitrogen and oxygen atoms in total. The smallest absolute Gasteiger partial charge is 0.153 e. The number of hydrogen-bond donors (Lipinski definition) is 2. The Morgan fingerprint density at radius 1 is 1.33 bits per heavy atom. The van der Waals surface area contributed by atoms with Crippen molar-refractivity contribution in [1.82, 2.24) is 10.2 Å². The van der Waals surface area contributed by atoms with Crippen LogP contribution in [0.5, 0.6) is 0 Å². The Kier molecular flexibility index (Phi) is 2.85. The standard InChI is InChI=1S/C14H24N4/c1-14(2)7-3-4-11-12(14)16-17-13(11)18-8-5-10(15)6-9-18/h10H,3-9,15H2,1-2H3,(H,16,17). The summed E-state index contributed by atoms with van der Waals surface area (Å²) in [6.45, 7) is 6.75. The van der Waals surface area contributed by atoms with E-state index in [0.29, 0.717) is 6.04 Å². The van der Waals surface area contributed by atoms with Crippen molar-refractivity contribution >= 4 is 5.82 Å². The third-order valence-electron chi connectivity index (χ3n) is 4.59. The molecule has 1 saturated heterocycles. The Balaban J connectivity index is 1.88. The molecule has 1 aliphatic carbocycles. The van der Waals surface area contributed by atoms with Crippen LogP contribution in [0.1, 0.15) is 50.8 Å². The highest BCUT2D eigenvalue weighted by molar-refractivity contribution is 5.52. The van der Waals surface area contributed by atoms with Gasteiger partial charge in [0.05, 0.1) is 0 Å². The third-order valence-corrected chi connectivity index (χ3v) is 4.59. The molecule has 1 fully saturated rings. The van der Waals surface area contributed by atoms with Gasteiger partial charge in [0.2, 0.25) is 0 Å². The zero-order valence-electron chi connectivity index (χ0n) is 11.5. The number of piperidine rings is 1. The minimum atomic E-state index is 0.255. The molecule has 0 amide bonds. The Morgan fingerprint density at radius 2 is 2.06 bits per heavy atom. The Morgan fingerprint density at radius 3 is 2.78 bits per heavy atom. The minimum Gasteiger partial charge on any atom is -0.355 e. The first-order valence-corrected chi connectivity index (χ1v) is 7.16. The summed E-state index contributed by atoms with van der Waals surface area (Å²) < 4.78 is 0. The van der Waals surface area contributed by atoms with Gasteiger partial charge in [-0.05, 0) is 32.1 Å². The lowest BCUT2D eigenvalue weighted by Gasteiger charge is -2.33. The van der Waals surface area contributed by atoms with E-state index in [1.807, 2.05) is 0 Å². The van der Waals surface area contributed by atoms with Gasteiger partial charge in [0.1, 0.15) is 0 Å². The fourth-order valence-electron chi connectivity index (χ4n) is 3.36. The summed E-state index contributed by atoms with van der Waals surface area (Å²) in [5.74, 6) is 1.20. The average molecular weight is 248 g/mol. The van der Waals surface area contributed by atoms with Crippen LogP contribution < -0.4 is 10.6 Å². The van der Waals surface area contributed by atoms with Crippen LogP contribution in [-0.4, -0.2) is 29.3 Å². The summed E-state index contributed by atoms with van der Waals surface area (Å²) in [4.78, 5) is 2.42. The van der Waals surface area contributed by atoms with Crippen LogP contribution in [0.4, 0.5) is 5.82 Å². The van der Waals surface area contributed by atoms with E-state index >= 15 is 0 Å². The molecule has 0 aromatic carbocycles. The van der Waals surface area contributed by atoms with E-state index in [1.54, 1.807) is 0 Å². The van der Waals surface area contributed by atoms with Gasteiger partial charge in [-0.1, -0.05) is 13.8 Å². The van der Waals surface area contributed by atoms with Crippen molar-refractivity contribution in [2.75, 3.05) is 18.0 Å². The molecule has 4 heteroatoms. The average Bonchev–Trinajstić information content (AvgIpc) is 2.75. The van der Waals surface area contributed by atoms with Gasteiger partial charge < -0.3 is 10.6 Å². The predicted octanol–water partition coefficient (Wildman–Crippen LogP) is 1.95. The molecule has 100 valence electrons. The zero-order chi connectivity index (χ0) is 12.8. The first-order valence-electron chi connectivity index (χ1n) is 7.16. The van der Waals surface area contributed by atoms with Crippen LogP contribution >= 0.6 is 0 Å². The van der Waals surface area contributed by atoms with E-state index in [4.69, 9.17) is 5.73 Å². The molecule has 1 aromatic heterocycles. The zero-order valence-corrected chi connectivity index (χ0v) is 11.5. The lowest BCUT2D eigenvalue weighted by atomic mass is 9.76. The topological polar surface area (TPSA) is 57.9 Å². The number of rotatable bonds is 1. The molecule has 18 heavy (non-hydrogen) atoms. The Bertz CT molecular complexity index is 427. The highest BCUT2D eigenvalue weighted by Gasteiger charge is 2.33. The molecule has 0 saturated carbocycles. The highest BCUT2D eigenvalue weighted by Crippen LogP contribution is 2.39. The second-order valence-corrected chi connectivity index (χ2v) is 6.46. The molecular formula is C14H24N4. The first kappa shape index (κ1) is 12.0. The predicted molar refractivity (Wildman–Crippen MR) is 74.0 cm³/mol. The molecule has 0 atom stereocenters. The largest absolute Gasteiger partial charge is 0.355 e. The van der Waals surface area contributed by atoms with Gasteiger partial charge in [-0.25, -0.2) is 0 Å². The van der Waals surface area contributed by atoms with Gasteiger partial charge in [0, 0.05) is 35.8 Å². The molecule has 0 radical (unpaired) electrons. The maximum absolute atomic E-state index is 5.98. The number of anilines is 1. The number of aromatic amines is 1. The van der Waals surface area contributed by atoms with E-state index in [-0.39, 0.29) is 5.41 Å². The summed E-state index contributed by atoms with van der Waals surface area (Å²) in [7, 11) is 0.